The van der Waals surface area contributed by atoms with Gasteiger partial charge in [0, 0.05) is 23.9 Å². The van der Waals surface area contributed by atoms with Crippen LogP contribution in [-0.4, -0.2) is 38.7 Å². The summed E-state index contributed by atoms with van der Waals surface area (Å²) < 4.78 is 0. The van der Waals surface area contributed by atoms with Gasteiger partial charge >= 0.3 is 0 Å². The Bertz CT molecular complexity index is 828. The van der Waals surface area contributed by atoms with Crippen molar-refractivity contribution in [2.45, 2.75) is 58.1 Å². The van der Waals surface area contributed by atoms with Gasteiger partial charge in [0.05, 0.1) is 17.5 Å². The largest absolute Gasteiger partial charge is 0.390 e. The molecule has 2 fully saturated rings. The van der Waals surface area contributed by atoms with Gasteiger partial charge in [0.2, 0.25) is 0 Å². The minimum atomic E-state index is -0.457. The molecule has 2 aromatic rings. The number of thiophene rings is 1. The lowest BCUT2D eigenvalue weighted by atomic mass is 9.71. The average molecular weight is 347 g/mol. The van der Waals surface area contributed by atoms with E-state index in [0.29, 0.717) is 12.5 Å². The fourth-order valence-electron chi connectivity index (χ4n) is 4.37. The minimum absolute atomic E-state index is 0.0250. The number of fused-ring (bicyclic) bond motifs is 2. The highest BCUT2D eigenvalue weighted by Crippen LogP contribution is 2.40. The smallest absolute Gasteiger partial charge is 0.259 e. The maximum absolute atomic E-state index is 12.4. The third-order valence-electron chi connectivity index (χ3n) is 5.97. The fourth-order valence-corrected chi connectivity index (χ4v) is 5.42. The lowest BCUT2D eigenvalue weighted by Gasteiger charge is -2.47. The first-order valence-corrected chi connectivity index (χ1v) is 9.71. The molecule has 2 N–H and O–H groups in total. The summed E-state index contributed by atoms with van der Waals surface area (Å²) in [5, 5.41) is 11.5. The number of hydrogen-bond donors (Lipinski definition) is 2. The van der Waals surface area contributed by atoms with Gasteiger partial charge in [-0.25, -0.2) is 4.98 Å². The third kappa shape index (κ3) is 2.70. The highest BCUT2D eigenvalue weighted by Gasteiger charge is 2.42. The Labute approximate surface area is 145 Å². The molecule has 2 aromatic heterocycles. The van der Waals surface area contributed by atoms with Crippen molar-refractivity contribution in [3.8, 4) is 0 Å². The molecule has 1 saturated heterocycles. The first-order chi connectivity index (χ1) is 11.5. The molecular formula is C18H25N3O2S. The summed E-state index contributed by atoms with van der Waals surface area (Å²) >= 11 is 1.60. The van der Waals surface area contributed by atoms with Gasteiger partial charge in [-0.15, -0.1) is 11.3 Å². The summed E-state index contributed by atoms with van der Waals surface area (Å²) in [6.45, 7) is 6.46. The fraction of sp³-hybridized carbons (Fsp3) is 0.667. The van der Waals surface area contributed by atoms with Crippen LogP contribution >= 0.6 is 11.3 Å². The quantitative estimate of drug-likeness (QED) is 0.876. The molecule has 6 heteroatoms. The second kappa shape index (κ2) is 5.93. The predicted octanol–water partition coefficient (Wildman–Crippen LogP) is 2.73. The maximum Gasteiger partial charge on any atom is 0.259 e. The molecule has 1 aliphatic carbocycles. The Morgan fingerprint density at radius 2 is 2.21 bits per heavy atom. The van der Waals surface area contributed by atoms with Gasteiger partial charge in [0.1, 0.15) is 10.7 Å². The Morgan fingerprint density at radius 3 is 3.04 bits per heavy atom. The van der Waals surface area contributed by atoms with Crippen LogP contribution in [0.3, 0.4) is 0 Å². The number of rotatable bonds is 2. The number of likely N-dealkylation sites (tertiary alicyclic amines) is 1. The Balaban J connectivity index is 1.56. The highest BCUT2D eigenvalue weighted by atomic mass is 32.1. The van der Waals surface area contributed by atoms with E-state index in [4.69, 9.17) is 4.98 Å². The van der Waals surface area contributed by atoms with Crippen LogP contribution < -0.4 is 5.56 Å². The van der Waals surface area contributed by atoms with Gasteiger partial charge in [0.15, 0.2) is 0 Å². The van der Waals surface area contributed by atoms with Crippen molar-refractivity contribution >= 4 is 21.6 Å². The molecular weight excluding hydrogens is 322 g/mol. The summed E-state index contributed by atoms with van der Waals surface area (Å²) in [6.07, 6.45) is 5.26. The van der Waals surface area contributed by atoms with Gasteiger partial charge in [-0.1, -0.05) is 12.8 Å². The van der Waals surface area contributed by atoms with Crippen LogP contribution in [0.4, 0.5) is 0 Å². The zero-order chi connectivity index (χ0) is 16.9. The van der Waals surface area contributed by atoms with Crippen molar-refractivity contribution in [2.75, 3.05) is 13.1 Å². The van der Waals surface area contributed by atoms with Crippen molar-refractivity contribution < 1.29 is 5.11 Å². The number of hydrogen-bond acceptors (Lipinski definition) is 5. The van der Waals surface area contributed by atoms with Crippen molar-refractivity contribution in [2.24, 2.45) is 5.92 Å². The number of H-pyrrole nitrogens is 1. The number of aromatic nitrogens is 2. The van der Waals surface area contributed by atoms with E-state index in [1.54, 1.807) is 11.3 Å². The zero-order valence-corrected chi connectivity index (χ0v) is 15.2. The van der Waals surface area contributed by atoms with Crippen molar-refractivity contribution in [3.05, 3.63) is 26.6 Å². The maximum atomic E-state index is 12.4. The number of aliphatic hydroxyl groups is 1. The van der Waals surface area contributed by atoms with Crippen LogP contribution in [0.15, 0.2) is 4.79 Å². The van der Waals surface area contributed by atoms with Crippen molar-refractivity contribution in [1.29, 1.82) is 0 Å². The second-order valence-corrected chi connectivity index (χ2v) is 8.71. The van der Waals surface area contributed by atoms with Crippen LogP contribution in [0, 0.1) is 19.8 Å². The predicted molar refractivity (Wildman–Crippen MR) is 96.5 cm³/mol. The first-order valence-electron chi connectivity index (χ1n) is 8.90. The number of aromatic amines is 1. The molecule has 2 unspecified atom stereocenters. The van der Waals surface area contributed by atoms with Crippen molar-refractivity contribution in [3.63, 3.8) is 0 Å². The van der Waals surface area contributed by atoms with E-state index < -0.39 is 5.60 Å². The standard InChI is InChI=1S/C18H25N3O2S/c1-11-12(2)24-17-15(11)16(22)19-14(20-17)10-21-8-7-18(23)6-4-3-5-13(18)9-21/h13,23H,3-10H2,1-2H3,(H,19,20,22). The van der Waals surface area contributed by atoms with Gasteiger partial charge < -0.3 is 10.1 Å². The summed E-state index contributed by atoms with van der Waals surface area (Å²) in [7, 11) is 0. The average Bonchev–Trinajstić information content (AvgIpc) is 2.82. The molecule has 0 spiro atoms. The van der Waals surface area contributed by atoms with E-state index in [1.807, 2.05) is 13.8 Å². The molecule has 1 aliphatic heterocycles. The molecule has 3 heterocycles. The Kier molecular flexibility index (Phi) is 4.01. The lowest BCUT2D eigenvalue weighted by Crippen LogP contribution is -2.53. The molecule has 5 nitrogen and oxygen atoms in total. The van der Waals surface area contributed by atoms with E-state index in [2.05, 4.69) is 9.88 Å². The number of nitrogens with one attached hydrogen (secondary N) is 1. The molecule has 2 aliphatic rings. The molecule has 0 aromatic carbocycles. The highest BCUT2D eigenvalue weighted by molar-refractivity contribution is 7.18. The monoisotopic (exact) mass is 347 g/mol. The molecule has 0 radical (unpaired) electrons. The van der Waals surface area contributed by atoms with Crippen LogP contribution in [-0.2, 0) is 6.54 Å². The van der Waals surface area contributed by atoms with Crippen LogP contribution in [0.25, 0.3) is 10.2 Å². The van der Waals surface area contributed by atoms with E-state index in [1.165, 1.54) is 6.42 Å². The van der Waals surface area contributed by atoms with Crippen molar-refractivity contribution in [1.82, 2.24) is 14.9 Å². The van der Waals surface area contributed by atoms with Crippen LogP contribution in [0.5, 0.6) is 0 Å². The van der Waals surface area contributed by atoms with E-state index in [9.17, 15) is 9.90 Å². The van der Waals surface area contributed by atoms with E-state index in [0.717, 1.165) is 65.3 Å². The molecule has 130 valence electrons. The molecule has 2 atom stereocenters. The summed E-state index contributed by atoms with van der Waals surface area (Å²) in [5.74, 6) is 1.11. The molecule has 1 saturated carbocycles. The van der Waals surface area contributed by atoms with E-state index >= 15 is 0 Å². The van der Waals surface area contributed by atoms with Gasteiger partial charge in [-0.3, -0.25) is 9.69 Å². The molecule has 4 rings (SSSR count). The summed E-state index contributed by atoms with van der Waals surface area (Å²) in [4.78, 5) is 24.4. The number of aryl methyl sites for hydroxylation is 2. The van der Waals surface area contributed by atoms with Crippen LogP contribution in [0.1, 0.15) is 48.4 Å². The third-order valence-corrected chi connectivity index (χ3v) is 7.07. The number of piperidine rings is 1. The summed E-state index contributed by atoms with van der Waals surface area (Å²) in [5.41, 5.74) is 0.560. The topological polar surface area (TPSA) is 69.2 Å². The number of nitrogens with zero attached hydrogens (tertiary/aromatic N) is 2. The van der Waals surface area contributed by atoms with Gasteiger partial charge in [-0.05, 0) is 38.7 Å². The van der Waals surface area contributed by atoms with Gasteiger partial charge in [-0.2, -0.15) is 0 Å². The normalized spacial score (nSPS) is 28.2. The van der Waals surface area contributed by atoms with Gasteiger partial charge in [0.25, 0.3) is 5.56 Å². The Hall–Kier alpha value is -1.24. The van der Waals surface area contributed by atoms with E-state index in [-0.39, 0.29) is 5.56 Å². The first kappa shape index (κ1) is 16.2. The Morgan fingerprint density at radius 1 is 1.38 bits per heavy atom. The molecule has 0 bridgehead atoms. The SMILES string of the molecule is Cc1sc2nc(CN3CCC4(O)CCCCC4C3)[nH]c(=O)c2c1C. The lowest BCUT2D eigenvalue weighted by molar-refractivity contribution is -0.0971. The minimum Gasteiger partial charge on any atom is -0.390 e. The molecule has 24 heavy (non-hydrogen) atoms. The molecule has 0 amide bonds. The zero-order valence-electron chi connectivity index (χ0n) is 14.4. The second-order valence-electron chi connectivity index (χ2n) is 7.51. The van der Waals surface area contributed by atoms with Crippen LogP contribution in [0.2, 0.25) is 0 Å². The summed E-state index contributed by atoms with van der Waals surface area (Å²) in [6, 6.07) is 0.